The van der Waals surface area contributed by atoms with Gasteiger partial charge in [-0.15, -0.1) is 5.10 Å². The van der Waals surface area contributed by atoms with Crippen molar-refractivity contribution in [2.45, 2.75) is 45.1 Å². The van der Waals surface area contributed by atoms with E-state index < -0.39 is 0 Å². The Morgan fingerprint density at radius 2 is 2.04 bits per heavy atom. The van der Waals surface area contributed by atoms with Crippen LogP contribution in [0.15, 0.2) is 30.3 Å². The highest BCUT2D eigenvalue weighted by atomic mass is 16.3. The molecule has 1 unspecified atom stereocenters. The number of amides is 1. The third-order valence-corrected chi connectivity index (χ3v) is 4.34. The molecule has 0 spiro atoms. The lowest BCUT2D eigenvalue weighted by Gasteiger charge is -2.20. The summed E-state index contributed by atoms with van der Waals surface area (Å²) in [5.41, 5.74) is 0.918. The first-order chi connectivity index (χ1) is 11.6. The molecule has 1 heterocycles. The Kier molecular flexibility index (Phi) is 4.94. The van der Waals surface area contributed by atoms with Crippen LogP contribution in [0.4, 0.5) is 0 Å². The van der Waals surface area contributed by atoms with Crippen LogP contribution in [0.3, 0.4) is 0 Å². The summed E-state index contributed by atoms with van der Waals surface area (Å²) >= 11 is 0. The van der Waals surface area contributed by atoms with Crippen LogP contribution in [0.1, 0.15) is 55.5 Å². The Morgan fingerprint density at radius 3 is 2.62 bits per heavy atom. The quantitative estimate of drug-likeness (QED) is 0.817. The number of para-hydroxylation sites is 1. The first-order valence-corrected chi connectivity index (χ1v) is 8.54. The fraction of sp³-hybridized carbons (Fsp3) is 0.500. The highest BCUT2D eigenvalue weighted by molar-refractivity contribution is 5.90. The number of aliphatic hydroxyl groups is 1. The van der Waals surface area contributed by atoms with Gasteiger partial charge in [-0.2, -0.15) is 0 Å². The molecule has 1 saturated carbocycles. The first kappa shape index (κ1) is 16.6. The van der Waals surface area contributed by atoms with Crippen molar-refractivity contribution in [2.75, 3.05) is 6.61 Å². The average Bonchev–Trinajstić information content (AvgIpc) is 3.33. The summed E-state index contributed by atoms with van der Waals surface area (Å²) in [7, 11) is 0. The van der Waals surface area contributed by atoms with Crippen LogP contribution < -0.4 is 5.32 Å². The lowest BCUT2D eigenvalue weighted by Crippen LogP contribution is -2.39. The molecule has 1 fully saturated rings. The second-order valence-electron chi connectivity index (χ2n) is 6.65. The maximum Gasteiger partial charge on any atom is 0.291 e. The number of carbonyl (C=O) groups is 1. The summed E-state index contributed by atoms with van der Waals surface area (Å²) in [6.45, 7) is 4.08. The van der Waals surface area contributed by atoms with Crippen LogP contribution in [-0.2, 0) is 0 Å². The molecule has 0 radical (unpaired) electrons. The van der Waals surface area contributed by atoms with Gasteiger partial charge in [-0.1, -0.05) is 32.0 Å². The Balaban J connectivity index is 1.85. The zero-order valence-electron chi connectivity index (χ0n) is 14.1. The molecule has 3 rings (SSSR count). The van der Waals surface area contributed by atoms with Crippen LogP contribution >= 0.6 is 0 Å². The van der Waals surface area contributed by atoms with E-state index in [-0.39, 0.29) is 30.3 Å². The van der Waals surface area contributed by atoms with Crippen molar-refractivity contribution in [1.82, 2.24) is 20.1 Å². The molecule has 1 aromatic heterocycles. The fourth-order valence-corrected chi connectivity index (χ4v) is 2.73. The minimum Gasteiger partial charge on any atom is -0.396 e. The molecule has 6 heteroatoms. The lowest BCUT2D eigenvalue weighted by atomic mass is 10.0. The van der Waals surface area contributed by atoms with E-state index in [4.69, 9.17) is 5.11 Å². The number of nitrogens with one attached hydrogen (secondary N) is 1. The predicted molar refractivity (Wildman–Crippen MR) is 91.1 cm³/mol. The van der Waals surface area contributed by atoms with E-state index in [1.54, 1.807) is 4.68 Å². The lowest BCUT2D eigenvalue weighted by molar-refractivity contribution is 0.0906. The first-order valence-electron chi connectivity index (χ1n) is 8.54. The van der Waals surface area contributed by atoms with Gasteiger partial charge in [0.25, 0.3) is 5.91 Å². The number of aliphatic hydroxyl groups excluding tert-OH is 1. The number of aromatic nitrogens is 3. The van der Waals surface area contributed by atoms with Gasteiger partial charge in [0.1, 0.15) is 5.82 Å². The molecule has 1 aliphatic carbocycles. The molecule has 2 N–H and O–H groups in total. The average molecular weight is 328 g/mol. The summed E-state index contributed by atoms with van der Waals surface area (Å²) in [4.78, 5) is 17.0. The Hall–Kier alpha value is -2.21. The fourth-order valence-electron chi connectivity index (χ4n) is 2.73. The van der Waals surface area contributed by atoms with Crippen molar-refractivity contribution >= 4 is 5.91 Å². The van der Waals surface area contributed by atoms with E-state index in [9.17, 15) is 4.79 Å². The van der Waals surface area contributed by atoms with Crippen LogP contribution in [0.2, 0.25) is 0 Å². The summed E-state index contributed by atoms with van der Waals surface area (Å²) in [5.74, 6) is 1.40. The molecule has 0 bridgehead atoms. The van der Waals surface area contributed by atoms with E-state index in [1.165, 1.54) is 0 Å². The molecular weight excluding hydrogens is 304 g/mol. The van der Waals surface area contributed by atoms with E-state index in [2.05, 4.69) is 15.4 Å². The number of nitrogens with zero attached hydrogens (tertiary/aromatic N) is 3. The van der Waals surface area contributed by atoms with Crippen molar-refractivity contribution in [3.05, 3.63) is 42.0 Å². The zero-order valence-corrected chi connectivity index (χ0v) is 14.1. The summed E-state index contributed by atoms with van der Waals surface area (Å²) < 4.78 is 1.78. The second kappa shape index (κ2) is 7.13. The largest absolute Gasteiger partial charge is 0.396 e. The number of rotatable bonds is 7. The highest BCUT2D eigenvalue weighted by Crippen LogP contribution is 2.39. The molecule has 24 heavy (non-hydrogen) atoms. The van der Waals surface area contributed by atoms with E-state index >= 15 is 0 Å². The van der Waals surface area contributed by atoms with Gasteiger partial charge in [0.2, 0.25) is 5.82 Å². The standard InChI is InChI=1S/C18H24N4O2/c1-12(2)15(10-11-23)19-18(24)16-20-17(13-8-9-13)22(21-16)14-6-4-3-5-7-14/h3-7,12-13,15,23H,8-11H2,1-2H3,(H,19,24). The van der Waals surface area contributed by atoms with Crippen molar-refractivity contribution in [1.29, 1.82) is 0 Å². The Morgan fingerprint density at radius 1 is 1.33 bits per heavy atom. The molecule has 1 aromatic carbocycles. The maximum absolute atomic E-state index is 12.5. The van der Waals surface area contributed by atoms with Gasteiger partial charge in [0, 0.05) is 18.6 Å². The van der Waals surface area contributed by atoms with Crippen molar-refractivity contribution < 1.29 is 9.90 Å². The van der Waals surface area contributed by atoms with Crippen LogP contribution in [-0.4, -0.2) is 38.4 Å². The normalized spacial score (nSPS) is 15.5. The SMILES string of the molecule is CC(C)C(CCO)NC(=O)c1nc(C2CC2)n(-c2ccccc2)n1. The van der Waals surface area contributed by atoms with Crippen molar-refractivity contribution in [3.8, 4) is 5.69 Å². The van der Waals surface area contributed by atoms with Gasteiger partial charge >= 0.3 is 0 Å². The van der Waals surface area contributed by atoms with Gasteiger partial charge in [-0.3, -0.25) is 4.79 Å². The van der Waals surface area contributed by atoms with Gasteiger partial charge < -0.3 is 10.4 Å². The minimum atomic E-state index is -0.279. The minimum absolute atomic E-state index is 0.0440. The zero-order chi connectivity index (χ0) is 17.1. The third-order valence-electron chi connectivity index (χ3n) is 4.34. The molecule has 1 atom stereocenters. The topological polar surface area (TPSA) is 80.0 Å². The van der Waals surface area contributed by atoms with E-state index in [1.807, 2.05) is 44.2 Å². The summed E-state index contributed by atoms with van der Waals surface area (Å²) in [6, 6.07) is 9.69. The number of hydrogen-bond acceptors (Lipinski definition) is 4. The summed E-state index contributed by atoms with van der Waals surface area (Å²) in [5, 5.41) is 16.6. The molecule has 0 saturated heterocycles. The highest BCUT2D eigenvalue weighted by Gasteiger charge is 2.32. The predicted octanol–water partition coefficient (Wildman–Crippen LogP) is 2.28. The van der Waals surface area contributed by atoms with Gasteiger partial charge in [0.05, 0.1) is 5.69 Å². The van der Waals surface area contributed by atoms with Gasteiger partial charge in [-0.05, 0) is 37.3 Å². The van der Waals surface area contributed by atoms with Gasteiger partial charge in [0.15, 0.2) is 0 Å². The van der Waals surface area contributed by atoms with Crippen LogP contribution in [0.5, 0.6) is 0 Å². The smallest absolute Gasteiger partial charge is 0.291 e. The monoisotopic (exact) mass is 328 g/mol. The van der Waals surface area contributed by atoms with Crippen molar-refractivity contribution in [3.63, 3.8) is 0 Å². The second-order valence-corrected chi connectivity index (χ2v) is 6.65. The van der Waals surface area contributed by atoms with Gasteiger partial charge in [-0.25, -0.2) is 9.67 Å². The van der Waals surface area contributed by atoms with E-state index in [0.717, 1.165) is 24.4 Å². The molecule has 2 aromatic rings. The van der Waals surface area contributed by atoms with E-state index in [0.29, 0.717) is 12.3 Å². The maximum atomic E-state index is 12.5. The Labute approximate surface area is 141 Å². The third kappa shape index (κ3) is 3.64. The molecule has 1 aliphatic rings. The molecule has 1 amide bonds. The number of carbonyl (C=O) groups excluding carboxylic acids is 1. The molecule has 6 nitrogen and oxygen atoms in total. The molecule has 128 valence electrons. The van der Waals surface area contributed by atoms with Crippen LogP contribution in [0.25, 0.3) is 5.69 Å². The van der Waals surface area contributed by atoms with Crippen molar-refractivity contribution in [2.24, 2.45) is 5.92 Å². The molecule has 0 aliphatic heterocycles. The Bertz CT molecular complexity index is 692. The molecular formula is C18H24N4O2. The number of hydrogen-bond donors (Lipinski definition) is 2. The summed E-state index contributed by atoms with van der Waals surface area (Å²) in [6.07, 6.45) is 2.70. The van der Waals surface area contributed by atoms with Crippen LogP contribution in [0, 0.1) is 5.92 Å². The number of benzene rings is 1.